The van der Waals surface area contributed by atoms with Gasteiger partial charge in [-0.3, -0.25) is 0 Å². The molecule has 0 spiro atoms. The van der Waals surface area contributed by atoms with E-state index < -0.39 is 0 Å². The second-order valence-electron chi connectivity index (χ2n) is 4.21. The maximum absolute atomic E-state index is 6.08. The second-order valence-corrected chi connectivity index (χ2v) is 4.21. The molecule has 1 atom stereocenters. The Labute approximate surface area is 83.9 Å². The summed E-state index contributed by atoms with van der Waals surface area (Å²) in [6.07, 6.45) is 0. The van der Waals surface area contributed by atoms with Crippen LogP contribution in [-0.2, 0) is 6.54 Å². The van der Waals surface area contributed by atoms with Crippen molar-refractivity contribution in [3.05, 3.63) is 5.69 Å². The van der Waals surface area contributed by atoms with Crippen LogP contribution in [0.25, 0.3) is 0 Å². The van der Waals surface area contributed by atoms with Crippen LogP contribution in [0.2, 0.25) is 0 Å². The average Bonchev–Trinajstić information content (AvgIpc) is 2.68. The third-order valence-corrected chi connectivity index (χ3v) is 2.78. The first-order valence-corrected chi connectivity index (χ1v) is 5.01. The van der Waals surface area contributed by atoms with Gasteiger partial charge in [-0.2, -0.15) is 0 Å². The number of fused-ring (bicyclic) bond motifs is 1. The minimum Gasteiger partial charge on any atom is -0.356 e. The quantitative estimate of drug-likeness (QED) is 0.741. The number of aromatic nitrogens is 3. The van der Waals surface area contributed by atoms with E-state index in [4.69, 9.17) is 5.73 Å². The Bertz CT molecular complexity index is 330. The largest absolute Gasteiger partial charge is 0.356 e. The molecule has 0 amide bonds. The lowest BCUT2D eigenvalue weighted by Crippen LogP contribution is -2.22. The number of nitrogens with zero attached hydrogens (tertiary/aromatic N) is 4. The Morgan fingerprint density at radius 2 is 2.07 bits per heavy atom. The van der Waals surface area contributed by atoms with E-state index in [0.717, 1.165) is 24.6 Å². The fourth-order valence-corrected chi connectivity index (χ4v) is 1.75. The molecule has 2 N–H and O–H groups in total. The van der Waals surface area contributed by atoms with Crippen LogP contribution < -0.4 is 10.6 Å². The van der Waals surface area contributed by atoms with E-state index in [1.807, 2.05) is 4.68 Å². The first-order chi connectivity index (χ1) is 6.61. The summed E-state index contributed by atoms with van der Waals surface area (Å²) in [5.41, 5.74) is 7.01. The number of rotatable bonds is 2. The molecule has 1 aliphatic heterocycles. The molecule has 0 aliphatic carbocycles. The Kier molecular flexibility index (Phi) is 2.19. The number of hydrogen-bond acceptors (Lipinski definition) is 4. The van der Waals surface area contributed by atoms with Crippen molar-refractivity contribution in [3.8, 4) is 0 Å². The zero-order valence-electron chi connectivity index (χ0n) is 8.94. The maximum atomic E-state index is 6.08. The summed E-state index contributed by atoms with van der Waals surface area (Å²) in [4.78, 5) is 2.16. The third-order valence-electron chi connectivity index (χ3n) is 2.78. The van der Waals surface area contributed by atoms with E-state index in [1.54, 1.807) is 0 Å². The van der Waals surface area contributed by atoms with Gasteiger partial charge in [0.2, 0.25) is 0 Å². The molecule has 1 aromatic rings. The van der Waals surface area contributed by atoms with Crippen molar-refractivity contribution in [2.75, 3.05) is 18.5 Å². The molecular formula is C9H17N5. The molecule has 0 aromatic carbocycles. The lowest BCUT2D eigenvalue weighted by atomic mass is 10.0. The van der Waals surface area contributed by atoms with Crippen LogP contribution in [0, 0.1) is 5.92 Å². The molecule has 5 heteroatoms. The predicted molar refractivity (Wildman–Crippen MR) is 55.1 cm³/mol. The van der Waals surface area contributed by atoms with Crippen LogP contribution in [0.15, 0.2) is 0 Å². The molecule has 0 saturated carbocycles. The molecule has 1 aliphatic rings. The van der Waals surface area contributed by atoms with Crippen molar-refractivity contribution in [1.82, 2.24) is 15.0 Å². The number of hydrogen-bond donors (Lipinski definition) is 1. The Morgan fingerprint density at radius 1 is 1.36 bits per heavy atom. The molecule has 5 nitrogen and oxygen atoms in total. The zero-order chi connectivity index (χ0) is 10.3. The van der Waals surface area contributed by atoms with E-state index in [9.17, 15) is 0 Å². The zero-order valence-corrected chi connectivity index (χ0v) is 8.94. The molecule has 0 bridgehead atoms. The van der Waals surface area contributed by atoms with Gasteiger partial charge in [0.25, 0.3) is 0 Å². The smallest absolute Gasteiger partial charge is 0.152 e. The minimum absolute atomic E-state index is 0.0145. The SMILES string of the molecule is CC(C)C(N)c1nnn2c1N(C)CC2. The maximum Gasteiger partial charge on any atom is 0.152 e. The van der Waals surface area contributed by atoms with Crippen LogP contribution in [0.4, 0.5) is 5.82 Å². The summed E-state index contributed by atoms with van der Waals surface area (Å²) in [5.74, 6) is 1.48. The first-order valence-electron chi connectivity index (χ1n) is 5.01. The van der Waals surface area contributed by atoms with Gasteiger partial charge in [0, 0.05) is 13.6 Å². The Balaban J connectivity index is 2.36. The summed E-state index contributed by atoms with van der Waals surface area (Å²) in [5, 5.41) is 8.25. The van der Waals surface area contributed by atoms with Crippen molar-refractivity contribution < 1.29 is 0 Å². The van der Waals surface area contributed by atoms with Gasteiger partial charge in [0.1, 0.15) is 5.69 Å². The summed E-state index contributed by atoms with van der Waals surface area (Å²) >= 11 is 0. The number of likely N-dealkylation sites (N-methyl/N-ethyl adjacent to an activating group) is 1. The Morgan fingerprint density at radius 3 is 2.71 bits per heavy atom. The molecule has 2 rings (SSSR count). The monoisotopic (exact) mass is 195 g/mol. The lowest BCUT2D eigenvalue weighted by molar-refractivity contribution is 0.501. The van der Waals surface area contributed by atoms with E-state index in [0.29, 0.717) is 5.92 Å². The minimum atomic E-state index is -0.0145. The molecule has 1 aromatic heterocycles. The molecule has 78 valence electrons. The van der Waals surface area contributed by atoms with Gasteiger partial charge in [-0.25, -0.2) is 4.68 Å². The number of anilines is 1. The Hall–Kier alpha value is -1.10. The molecule has 14 heavy (non-hydrogen) atoms. The fourth-order valence-electron chi connectivity index (χ4n) is 1.75. The molecule has 1 unspecified atom stereocenters. The van der Waals surface area contributed by atoms with Crippen molar-refractivity contribution in [2.45, 2.75) is 26.4 Å². The second kappa shape index (κ2) is 3.24. The van der Waals surface area contributed by atoms with Crippen LogP contribution in [0.5, 0.6) is 0 Å². The third kappa shape index (κ3) is 1.28. The van der Waals surface area contributed by atoms with Crippen LogP contribution in [-0.4, -0.2) is 28.6 Å². The fraction of sp³-hybridized carbons (Fsp3) is 0.778. The van der Waals surface area contributed by atoms with Crippen LogP contribution in [0.1, 0.15) is 25.6 Å². The molecule has 0 fully saturated rings. The van der Waals surface area contributed by atoms with Gasteiger partial charge < -0.3 is 10.6 Å². The van der Waals surface area contributed by atoms with E-state index >= 15 is 0 Å². The van der Waals surface area contributed by atoms with Crippen LogP contribution in [0.3, 0.4) is 0 Å². The van der Waals surface area contributed by atoms with Gasteiger partial charge in [0.15, 0.2) is 5.82 Å². The highest BCUT2D eigenvalue weighted by Gasteiger charge is 2.27. The van der Waals surface area contributed by atoms with Gasteiger partial charge in [0.05, 0.1) is 12.6 Å². The summed E-state index contributed by atoms with van der Waals surface area (Å²) < 4.78 is 1.93. The van der Waals surface area contributed by atoms with E-state index in [-0.39, 0.29) is 6.04 Å². The van der Waals surface area contributed by atoms with Gasteiger partial charge in [-0.15, -0.1) is 5.10 Å². The van der Waals surface area contributed by atoms with E-state index in [1.165, 1.54) is 0 Å². The predicted octanol–water partition coefficient (Wildman–Crippen LogP) is 0.384. The summed E-state index contributed by atoms with van der Waals surface area (Å²) in [6.45, 7) is 6.13. The topological polar surface area (TPSA) is 60.0 Å². The van der Waals surface area contributed by atoms with Crippen molar-refractivity contribution in [2.24, 2.45) is 11.7 Å². The van der Waals surface area contributed by atoms with Crippen molar-refractivity contribution in [3.63, 3.8) is 0 Å². The molecule has 0 saturated heterocycles. The van der Waals surface area contributed by atoms with Gasteiger partial charge in [-0.05, 0) is 5.92 Å². The highest BCUT2D eigenvalue weighted by atomic mass is 15.5. The average molecular weight is 195 g/mol. The normalized spacial score (nSPS) is 17.6. The molecule has 0 radical (unpaired) electrons. The number of nitrogens with two attached hydrogens (primary N) is 1. The van der Waals surface area contributed by atoms with Crippen LogP contribution >= 0.6 is 0 Å². The highest BCUT2D eigenvalue weighted by molar-refractivity contribution is 5.47. The van der Waals surface area contributed by atoms with Crippen molar-refractivity contribution >= 4 is 5.82 Å². The lowest BCUT2D eigenvalue weighted by Gasteiger charge is -2.17. The van der Waals surface area contributed by atoms with Crippen molar-refractivity contribution in [1.29, 1.82) is 0 Å². The summed E-state index contributed by atoms with van der Waals surface area (Å²) in [6, 6.07) is -0.0145. The van der Waals surface area contributed by atoms with Gasteiger partial charge >= 0.3 is 0 Å². The van der Waals surface area contributed by atoms with Gasteiger partial charge in [-0.1, -0.05) is 19.1 Å². The molecule has 2 heterocycles. The molecular weight excluding hydrogens is 178 g/mol. The first kappa shape index (κ1) is 9.45. The summed E-state index contributed by atoms with van der Waals surface area (Å²) in [7, 11) is 2.05. The standard InChI is InChI=1S/C9H17N5/c1-6(2)7(10)8-9-13(3)4-5-14(9)12-11-8/h6-7H,4-5,10H2,1-3H3. The van der Waals surface area contributed by atoms with E-state index in [2.05, 4.69) is 36.1 Å². The highest BCUT2D eigenvalue weighted by Crippen LogP contribution is 2.29.